The summed E-state index contributed by atoms with van der Waals surface area (Å²) in [5.74, 6) is 0.333. The fourth-order valence-electron chi connectivity index (χ4n) is 3.40. The van der Waals surface area contributed by atoms with Crippen LogP contribution in [0.2, 0.25) is 0 Å². The van der Waals surface area contributed by atoms with Gasteiger partial charge in [-0.1, -0.05) is 6.07 Å². The van der Waals surface area contributed by atoms with E-state index in [4.69, 9.17) is 4.74 Å². The van der Waals surface area contributed by atoms with Crippen molar-refractivity contribution in [2.75, 3.05) is 32.8 Å². The highest BCUT2D eigenvalue weighted by Crippen LogP contribution is 2.30. The van der Waals surface area contributed by atoms with Gasteiger partial charge in [-0.15, -0.1) is 0 Å². The minimum absolute atomic E-state index is 0.0542. The molecule has 31 heavy (non-hydrogen) atoms. The third-order valence-corrected chi connectivity index (χ3v) is 6.88. The smallest absolute Gasteiger partial charge is 0.416 e. The Bertz CT molecular complexity index is 1030. The molecule has 0 aliphatic carbocycles. The van der Waals surface area contributed by atoms with E-state index in [1.54, 1.807) is 0 Å². The van der Waals surface area contributed by atoms with Crippen LogP contribution in [0.1, 0.15) is 16.7 Å². The number of benzene rings is 2. The Morgan fingerprint density at radius 3 is 2.03 bits per heavy atom. The van der Waals surface area contributed by atoms with Crippen molar-refractivity contribution >= 4 is 15.9 Å². The zero-order valence-electron chi connectivity index (χ0n) is 17.1. The molecule has 3 rings (SSSR count). The summed E-state index contributed by atoms with van der Waals surface area (Å²) in [6.07, 6.45) is -4.53. The van der Waals surface area contributed by atoms with Crippen LogP contribution < -0.4 is 4.74 Å². The molecular formula is C21H23F3N2O4S. The molecule has 0 aromatic heterocycles. The Kier molecular flexibility index (Phi) is 6.61. The molecule has 1 aliphatic heterocycles. The highest BCUT2D eigenvalue weighted by atomic mass is 32.2. The number of alkyl halides is 3. The minimum Gasteiger partial charge on any atom is -0.484 e. The van der Waals surface area contributed by atoms with Gasteiger partial charge in [0.2, 0.25) is 10.0 Å². The van der Waals surface area contributed by atoms with E-state index in [1.807, 2.05) is 32.0 Å². The van der Waals surface area contributed by atoms with Crippen molar-refractivity contribution in [2.45, 2.75) is 24.9 Å². The summed E-state index contributed by atoms with van der Waals surface area (Å²) < 4.78 is 70.2. The van der Waals surface area contributed by atoms with Crippen molar-refractivity contribution in [3.63, 3.8) is 0 Å². The number of hydrogen-bond acceptors (Lipinski definition) is 4. The van der Waals surface area contributed by atoms with Crippen molar-refractivity contribution < 1.29 is 31.1 Å². The lowest BCUT2D eigenvalue weighted by atomic mass is 10.1. The standard InChI is InChI=1S/C21H23F3N2O4S/c1-15-11-16(2)13-18(12-15)30-14-20(27)25-7-9-26(10-8-25)31(28,29)19-5-3-17(4-6-19)21(22,23)24/h3-6,11-13H,7-10,14H2,1-2H3. The van der Waals surface area contributed by atoms with E-state index in [0.29, 0.717) is 5.75 Å². The molecule has 0 N–H and O–H groups in total. The fourth-order valence-corrected chi connectivity index (χ4v) is 4.82. The van der Waals surface area contributed by atoms with Crippen LogP contribution in [0.5, 0.6) is 5.75 Å². The summed E-state index contributed by atoms with van der Waals surface area (Å²) in [5.41, 5.74) is 1.12. The number of halogens is 3. The summed E-state index contributed by atoms with van der Waals surface area (Å²) in [6, 6.07) is 9.05. The van der Waals surface area contributed by atoms with E-state index < -0.39 is 21.8 Å². The van der Waals surface area contributed by atoms with Crippen molar-refractivity contribution in [3.8, 4) is 5.75 Å². The molecule has 0 atom stereocenters. The molecular weight excluding hydrogens is 433 g/mol. The molecule has 1 aliphatic rings. The predicted molar refractivity (Wildman–Crippen MR) is 108 cm³/mol. The van der Waals surface area contributed by atoms with E-state index in [9.17, 15) is 26.4 Å². The number of piperazine rings is 1. The third kappa shape index (κ3) is 5.56. The average Bonchev–Trinajstić information content (AvgIpc) is 2.71. The molecule has 2 aromatic carbocycles. The predicted octanol–water partition coefficient (Wildman–Crippen LogP) is 3.23. The van der Waals surface area contributed by atoms with Gasteiger partial charge in [0.15, 0.2) is 6.61 Å². The largest absolute Gasteiger partial charge is 0.484 e. The number of amides is 1. The van der Waals surface area contributed by atoms with Crippen LogP contribution in [-0.2, 0) is 21.0 Å². The summed E-state index contributed by atoms with van der Waals surface area (Å²) in [5, 5.41) is 0. The Morgan fingerprint density at radius 2 is 1.52 bits per heavy atom. The normalized spacial score (nSPS) is 15.7. The number of nitrogens with zero attached hydrogens (tertiary/aromatic N) is 2. The maximum Gasteiger partial charge on any atom is 0.416 e. The second kappa shape index (κ2) is 8.88. The summed E-state index contributed by atoms with van der Waals surface area (Å²) in [7, 11) is -3.94. The van der Waals surface area contributed by atoms with Gasteiger partial charge in [0.1, 0.15) is 5.75 Å². The van der Waals surface area contributed by atoms with Crippen LogP contribution in [0.15, 0.2) is 47.4 Å². The first kappa shape index (κ1) is 23.1. The molecule has 2 aromatic rings. The molecule has 1 saturated heterocycles. The monoisotopic (exact) mass is 456 g/mol. The van der Waals surface area contributed by atoms with E-state index in [0.717, 1.165) is 35.4 Å². The number of rotatable bonds is 5. The summed E-state index contributed by atoms with van der Waals surface area (Å²) >= 11 is 0. The van der Waals surface area contributed by atoms with Gasteiger partial charge in [-0.2, -0.15) is 17.5 Å². The topological polar surface area (TPSA) is 66.9 Å². The zero-order valence-corrected chi connectivity index (χ0v) is 18.0. The number of carbonyl (C=O) groups excluding carboxylic acids is 1. The highest BCUT2D eigenvalue weighted by molar-refractivity contribution is 7.89. The first-order valence-corrected chi connectivity index (χ1v) is 11.1. The van der Waals surface area contributed by atoms with Crippen LogP contribution >= 0.6 is 0 Å². The number of carbonyl (C=O) groups is 1. The van der Waals surface area contributed by atoms with Crippen molar-refractivity contribution in [1.29, 1.82) is 0 Å². The lowest BCUT2D eigenvalue weighted by Crippen LogP contribution is -2.51. The number of aryl methyl sites for hydroxylation is 2. The van der Waals surface area contributed by atoms with Crippen LogP contribution in [0.3, 0.4) is 0 Å². The molecule has 0 radical (unpaired) electrons. The molecule has 168 valence electrons. The van der Waals surface area contributed by atoms with Crippen molar-refractivity contribution in [2.24, 2.45) is 0 Å². The fraction of sp³-hybridized carbons (Fsp3) is 0.381. The molecule has 0 saturated carbocycles. The van der Waals surface area contributed by atoms with Crippen LogP contribution in [0.4, 0.5) is 13.2 Å². The summed E-state index contributed by atoms with van der Waals surface area (Å²) in [6.45, 7) is 4.16. The average molecular weight is 456 g/mol. The number of hydrogen-bond donors (Lipinski definition) is 0. The SMILES string of the molecule is Cc1cc(C)cc(OCC(=O)N2CCN(S(=O)(=O)c3ccc(C(F)(F)F)cc3)CC2)c1. The third-order valence-electron chi connectivity index (χ3n) is 4.97. The summed E-state index contributed by atoms with van der Waals surface area (Å²) in [4.78, 5) is 13.7. The van der Waals surface area contributed by atoms with Gasteiger partial charge < -0.3 is 9.64 Å². The van der Waals surface area contributed by atoms with Gasteiger partial charge in [-0.05, 0) is 61.4 Å². The van der Waals surface area contributed by atoms with Gasteiger partial charge in [0.05, 0.1) is 10.5 Å². The first-order valence-electron chi connectivity index (χ1n) is 9.63. The van der Waals surface area contributed by atoms with E-state index in [1.165, 1.54) is 9.21 Å². The molecule has 1 heterocycles. The Morgan fingerprint density at radius 1 is 0.968 bits per heavy atom. The molecule has 0 bridgehead atoms. The molecule has 6 nitrogen and oxygen atoms in total. The number of ether oxygens (including phenoxy) is 1. The van der Waals surface area contributed by atoms with Crippen LogP contribution in [-0.4, -0.2) is 56.3 Å². The van der Waals surface area contributed by atoms with E-state index >= 15 is 0 Å². The van der Waals surface area contributed by atoms with Crippen LogP contribution in [0.25, 0.3) is 0 Å². The molecule has 1 amide bonds. The van der Waals surface area contributed by atoms with Gasteiger partial charge in [0.25, 0.3) is 5.91 Å². The second-order valence-corrected chi connectivity index (χ2v) is 9.36. The van der Waals surface area contributed by atoms with Gasteiger partial charge in [0, 0.05) is 26.2 Å². The van der Waals surface area contributed by atoms with Crippen molar-refractivity contribution in [3.05, 3.63) is 59.2 Å². The Labute approximate surface area is 179 Å². The lowest BCUT2D eigenvalue weighted by Gasteiger charge is -2.34. The van der Waals surface area contributed by atoms with Gasteiger partial charge in [-0.25, -0.2) is 8.42 Å². The second-order valence-electron chi connectivity index (χ2n) is 7.42. The van der Waals surface area contributed by atoms with Crippen LogP contribution in [0, 0.1) is 13.8 Å². The molecule has 0 spiro atoms. The zero-order chi connectivity index (χ0) is 22.8. The number of sulfonamides is 1. The van der Waals surface area contributed by atoms with E-state index in [-0.39, 0.29) is 43.6 Å². The molecule has 1 fully saturated rings. The minimum atomic E-state index is -4.53. The quantitative estimate of drug-likeness (QED) is 0.693. The Balaban J connectivity index is 1.57. The maximum absolute atomic E-state index is 12.7. The van der Waals surface area contributed by atoms with E-state index in [2.05, 4.69) is 0 Å². The maximum atomic E-state index is 12.7. The highest BCUT2D eigenvalue weighted by Gasteiger charge is 2.33. The van der Waals surface area contributed by atoms with Crippen molar-refractivity contribution in [1.82, 2.24) is 9.21 Å². The van der Waals surface area contributed by atoms with Gasteiger partial charge in [-0.3, -0.25) is 4.79 Å². The molecule has 10 heteroatoms. The Hall–Kier alpha value is -2.59. The lowest BCUT2D eigenvalue weighted by molar-refractivity contribution is -0.137. The molecule has 0 unspecified atom stereocenters. The first-order chi connectivity index (χ1) is 14.5. The van der Waals surface area contributed by atoms with Gasteiger partial charge >= 0.3 is 6.18 Å².